The molecule has 0 saturated heterocycles. The highest BCUT2D eigenvalue weighted by Crippen LogP contribution is 2.27. The van der Waals surface area contributed by atoms with Gasteiger partial charge in [-0.05, 0) is 48.0 Å². The van der Waals surface area contributed by atoms with E-state index in [1.54, 1.807) is 0 Å². The average molecular weight is 443 g/mol. The standard InChI is InChI=1S/C22H16Cl2N2O2S/c23-18-9-5-15(6-10-18)14-29-22-26-25-21(28-22)16-7-11-19(12-8-16)27-13-17-3-1-2-4-20(17)24/h1-12H,13-14H2. The SMILES string of the molecule is Clc1ccc(CSc2nnc(-c3ccc(OCc4ccccc4Cl)cc3)o2)cc1. The molecule has 0 unspecified atom stereocenters. The number of hydrogen-bond acceptors (Lipinski definition) is 5. The molecule has 0 N–H and O–H groups in total. The van der Waals surface area contributed by atoms with Gasteiger partial charge in [0, 0.05) is 26.9 Å². The molecule has 0 aliphatic rings. The molecule has 0 aliphatic heterocycles. The smallest absolute Gasteiger partial charge is 0.277 e. The molecule has 7 heteroatoms. The van der Waals surface area contributed by atoms with Crippen LogP contribution in [-0.4, -0.2) is 10.2 Å². The molecule has 0 spiro atoms. The average Bonchev–Trinajstić information content (AvgIpc) is 3.22. The van der Waals surface area contributed by atoms with E-state index in [-0.39, 0.29) is 0 Å². The molecule has 146 valence electrons. The van der Waals surface area contributed by atoms with Crippen molar-refractivity contribution in [2.24, 2.45) is 0 Å². The van der Waals surface area contributed by atoms with Gasteiger partial charge in [0.05, 0.1) is 0 Å². The summed E-state index contributed by atoms with van der Waals surface area (Å²) in [6, 6.07) is 22.8. The molecule has 0 radical (unpaired) electrons. The number of halogens is 2. The number of rotatable bonds is 7. The van der Waals surface area contributed by atoms with E-state index in [0.717, 1.165) is 33.2 Å². The summed E-state index contributed by atoms with van der Waals surface area (Å²) in [6.07, 6.45) is 0. The van der Waals surface area contributed by atoms with E-state index >= 15 is 0 Å². The Morgan fingerprint density at radius 1 is 0.862 bits per heavy atom. The fourth-order valence-corrected chi connectivity index (χ4v) is 3.62. The van der Waals surface area contributed by atoms with Crippen molar-refractivity contribution in [3.63, 3.8) is 0 Å². The number of benzene rings is 3. The van der Waals surface area contributed by atoms with Crippen molar-refractivity contribution in [2.75, 3.05) is 0 Å². The van der Waals surface area contributed by atoms with Gasteiger partial charge < -0.3 is 9.15 Å². The molecular formula is C22H16Cl2N2O2S. The minimum atomic E-state index is 0.408. The maximum absolute atomic E-state index is 6.15. The van der Waals surface area contributed by atoms with Gasteiger partial charge in [-0.25, -0.2) is 0 Å². The lowest BCUT2D eigenvalue weighted by molar-refractivity contribution is 0.306. The number of hydrogen-bond donors (Lipinski definition) is 0. The van der Waals surface area contributed by atoms with Gasteiger partial charge in [-0.15, -0.1) is 10.2 Å². The monoisotopic (exact) mass is 442 g/mol. The van der Waals surface area contributed by atoms with Crippen LogP contribution in [-0.2, 0) is 12.4 Å². The summed E-state index contributed by atoms with van der Waals surface area (Å²) in [7, 11) is 0. The Labute approximate surface area is 182 Å². The molecule has 0 aliphatic carbocycles. The summed E-state index contributed by atoms with van der Waals surface area (Å²) in [5, 5.41) is 10.2. The molecule has 4 nitrogen and oxygen atoms in total. The Balaban J connectivity index is 1.35. The summed E-state index contributed by atoms with van der Waals surface area (Å²) in [6.45, 7) is 0.408. The predicted molar refractivity (Wildman–Crippen MR) is 117 cm³/mol. The fraction of sp³-hybridized carbons (Fsp3) is 0.0909. The van der Waals surface area contributed by atoms with Crippen LogP contribution < -0.4 is 4.74 Å². The van der Waals surface area contributed by atoms with Gasteiger partial charge in [0.25, 0.3) is 5.22 Å². The van der Waals surface area contributed by atoms with Crippen LogP contribution in [0.5, 0.6) is 5.75 Å². The highest BCUT2D eigenvalue weighted by atomic mass is 35.5. The molecule has 0 bridgehead atoms. The minimum absolute atomic E-state index is 0.408. The zero-order chi connectivity index (χ0) is 20.1. The lowest BCUT2D eigenvalue weighted by atomic mass is 10.2. The molecule has 0 atom stereocenters. The van der Waals surface area contributed by atoms with Gasteiger partial charge in [-0.3, -0.25) is 0 Å². The van der Waals surface area contributed by atoms with Gasteiger partial charge in [-0.2, -0.15) is 0 Å². The van der Waals surface area contributed by atoms with Crippen molar-refractivity contribution in [1.29, 1.82) is 0 Å². The molecular weight excluding hydrogens is 427 g/mol. The first-order chi connectivity index (χ1) is 14.2. The third-order valence-electron chi connectivity index (χ3n) is 4.14. The largest absolute Gasteiger partial charge is 0.489 e. The fourth-order valence-electron chi connectivity index (χ4n) is 2.58. The van der Waals surface area contributed by atoms with E-state index in [1.807, 2.05) is 72.8 Å². The Morgan fingerprint density at radius 2 is 1.62 bits per heavy atom. The lowest BCUT2D eigenvalue weighted by Gasteiger charge is -2.07. The maximum Gasteiger partial charge on any atom is 0.277 e. The van der Waals surface area contributed by atoms with E-state index < -0.39 is 0 Å². The van der Waals surface area contributed by atoms with Gasteiger partial charge in [0.2, 0.25) is 5.89 Å². The number of ether oxygens (including phenoxy) is 1. The molecule has 0 fully saturated rings. The molecule has 1 heterocycles. The minimum Gasteiger partial charge on any atom is -0.489 e. The van der Waals surface area contributed by atoms with Gasteiger partial charge in [-0.1, -0.05) is 65.3 Å². The normalized spacial score (nSPS) is 10.8. The third kappa shape index (κ3) is 5.32. The number of nitrogens with zero attached hydrogens (tertiary/aromatic N) is 2. The van der Waals surface area contributed by atoms with Crippen molar-refractivity contribution < 1.29 is 9.15 Å². The quantitative estimate of drug-likeness (QED) is 0.290. The molecule has 4 aromatic rings. The van der Waals surface area contributed by atoms with E-state index in [1.165, 1.54) is 11.8 Å². The van der Waals surface area contributed by atoms with E-state index in [4.69, 9.17) is 32.4 Å². The predicted octanol–water partition coefficient (Wildman–Crippen LogP) is 6.91. The molecule has 3 aromatic carbocycles. The Kier molecular flexibility index (Phi) is 6.39. The zero-order valence-corrected chi connectivity index (χ0v) is 17.5. The Bertz CT molecular complexity index is 1080. The lowest BCUT2D eigenvalue weighted by Crippen LogP contribution is -1.95. The van der Waals surface area contributed by atoms with Crippen LogP contribution in [0.25, 0.3) is 11.5 Å². The van der Waals surface area contributed by atoms with Crippen LogP contribution in [0.3, 0.4) is 0 Å². The number of thioether (sulfide) groups is 1. The van der Waals surface area contributed by atoms with E-state index in [0.29, 0.717) is 22.7 Å². The van der Waals surface area contributed by atoms with Crippen molar-refractivity contribution in [2.45, 2.75) is 17.6 Å². The molecule has 4 rings (SSSR count). The van der Waals surface area contributed by atoms with Crippen LogP contribution in [0.1, 0.15) is 11.1 Å². The van der Waals surface area contributed by atoms with Crippen LogP contribution >= 0.6 is 35.0 Å². The van der Waals surface area contributed by atoms with Gasteiger partial charge in [0.15, 0.2) is 0 Å². The summed E-state index contributed by atoms with van der Waals surface area (Å²) in [4.78, 5) is 0. The van der Waals surface area contributed by atoms with E-state index in [9.17, 15) is 0 Å². The Hall–Kier alpha value is -2.47. The van der Waals surface area contributed by atoms with Crippen LogP contribution in [0.2, 0.25) is 10.0 Å². The van der Waals surface area contributed by atoms with Crippen LogP contribution in [0, 0.1) is 0 Å². The highest BCUT2D eigenvalue weighted by molar-refractivity contribution is 7.98. The second-order valence-electron chi connectivity index (χ2n) is 6.19. The first kappa shape index (κ1) is 19.8. The van der Waals surface area contributed by atoms with Crippen molar-refractivity contribution in [3.05, 3.63) is 94.0 Å². The second kappa shape index (κ2) is 9.35. The summed E-state index contributed by atoms with van der Waals surface area (Å²) in [5.41, 5.74) is 2.91. The highest BCUT2D eigenvalue weighted by Gasteiger charge is 2.10. The Morgan fingerprint density at radius 3 is 2.38 bits per heavy atom. The summed E-state index contributed by atoms with van der Waals surface area (Å²) >= 11 is 13.5. The second-order valence-corrected chi connectivity index (χ2v) is 7.96. The van der Waals surface area contributed by atoms with Gasteiger partial charge >= 0.3 is 0 Å². The topological polar surface area (TPSA) is 48.2 Å². The molecule has 1 aromatic heterocycles. The molecule has 0 saturated carbocycles. The van der Waals surface area contributed by atoms with Crippen LogP contribution in [0.4, 0.5) is 0 Å². The van der Waals surface area contributed by atoms with Gasteiger partial charge in [0.1, 0.15) is 12.4 Å². The van der Waals surface area contributed by atoms with Crippen molar-refractivity contribution in [1.82, 2.24) is 10.2 Å². The zero-order valence-electron chi connectivity index (χ0n) is 15.2. The maximum atomic E-state index is 6.15. The van der Waals surface area contributed by atoms with Crippen molar-refractivity contribution >= 4 is 35.0 Å². The first-order valence-corrected chi connectivity index (χ1v) is 10.6. The third-order valence-corrected chi connectivity index (χ3v) is 5.65. The summed E-state index contributed by atoms with van der Waals surface area (Å²) in [5.74, 6) is 1.94. The summed E-state index contributed by atoms with van der Waals surface area (Å²) < 4.78 is 11.6. The van der Waals surface area contributed by atoms with Crippen LogP contribution in [0.15, 0.2) is 82.4 Å². The molecule has 0 amide bonds. The van der Waals surface area contributed by atoms with Crippen molar-refractivity contribution in [3.8, 4) is 17.2 Å². The first-order valence-electron chi connectivity index (χ1n) is 8.85. The molecule has 29 heavy (non-hydrogen) atoms. The number of aromatic nitrogens is 2. The van der Waals surface area contributed by atoms with E-state index in [2.05, 4.69) is 10.2 Å².